The number of benzene rings is 1. The maximum atomic E-state index is 10.6. The van der Waals surface area contributed by atoms with E-state index >= 15 is 0 Å². The van der Waals surface area contributed by atoms with E-state index in [-0.39, 0.29) is 10.6 Å². The lowest BCUT2D eigenvalue weighted by atomic mass is 10.0. The molecule has 86 valence electrons. The molecule has 1 aromatic rings. The summed E-state index contributed by atoms with van der Waals surface area (Å²) in [4.78, 5) is 10.3. The van der Waals surface area contributed by atoms with Crippen LogP contribution in [0.25, 0.3) is 6.08 Å². The molecule has 3 heteroatoms. The highest BCUT2D eigenvalue weighted by molar-refractivity contribution is 5.51. The average molecular weight is 219 g/mol. The van der Waals surface area contributed by atoms with Gasteiger partial charge in [-0.1, -0.05) is 45.0 Å². The zero-order chi connectivity index (χ0) is 12.1. The van der Waals surface area contributed by atoms with Crippen LogP contribution in [0.3, 0.4) is 0 Å². The predicted octanol–water partition coefficient (Wildman–Crippen LogP) is 3.84. The topological polar surface area (TPSA) is 43.1 Å². The van der Waals surface area contributed by atoms with E-state index in [9.17, 15) is 10.1 Å². The fourth-order valence-corrected chi connectivity index (χ4v) is 1.45. The summed E-state index contributed by atoms with van der Waals surface area (Å²) >= 11 is 0. The van der Waals surface area contributed by atoms with Crippen molar-refractivity contribution >= 4 is 6.08 Å². The summed E-state index contributed by atoms with van der Waals surface area (Å²) in [5.74, 6) is 0.485. The highest BCUT2D eigenvalue weighted by atomic mass is 16.6. The van der Waals surface area contributed by atoms with Crippen LogP contribution >= 0.6 is 0 Å². The molecule has 0 unspecified atom stereocenters. The standard InChI is InChI=1S/C13H17NO2/c1-4-13(14(15)16)9-11-5-7-12(8-6-11)10(2)3/h5-10H,4H2,1-3H3/b13-9-. The molecule has 0 saturated carbocycles. The van der Waals surface area contributed by atoms with Crippen LogP contribution in [0.2, 0.25) is 0 Å². The van der Waals surface area contributed by atoms with Crippen molar-refractivity contribution in [2.45, 2.75) is 33.1 Å². The van der Waals surface area contributed by atoms with Crippen molar-refractivity contribution in [1.82, 2.24) is 0 Å². The SMILES string of the molecule is CC/C(=C/c1ccc(C(C)C)cc1)[N+](=O)[O-]. The molecule has 0 aromatic heterocycles. The van der Waals surface area contributed by atoms with Crippen molar-refractivity contribution in [3.05, 3.63) is 51.2 Å². The predicted molar refractivity (Wildman–Crippen MR) is 65.8 cm³/mol. The molecular formula is C13H17NO2. The molecule has 1 aromatic carbocycles. The Morgan fingerprint density at radius 3 is 2.31 bits per heavy atom. The van der Waals surface area contributed by atoms with Gasteiger partial charge in [-0.15, -0.1) is 0 Å². The third-order valence-corrected chi connectivity index (χ3v) is 2.53. The lowest BCUT2D eigenvalue weighted by molar-refractivity contribution is -0.425. The number of hydrogen-bond acceptors (Lipinski definition) is 2. The van der Waals surface area contributed by atoms with Gasteiger partial charge in [0.2, 0.25) is 5.70 Å². The Morgan fingerprint density at radius 2 is 1.94 bits per heavy atom. The van der Waals surface area contributed by atoms with Crippen LogP contribution in [0.1, 0.15) is 44.2 Å². The van der Waals surface area contributed by atoms with Gasteiger partial charge < -0.3 is 0 Å². The third kappa shape index (κ3) is 3.19. The van der Waals surface area contributed by atoms with Crippen LogP contribution in [0.15, 0.2) is 30.0 Å². The molecule has 0 bridgehead atoms. The van der Waals surface area contributed by atoms with E-state index in [1.807, 2.05) is 24.3 Å². The minimum absolute atomic E-state index is 0.247. The van der Waals surface area contributed by atoms with E-state index in [2.05, 4.69) is 13.8 Å². The van der Waals surface area contributed by atoms with Crippen molar-refractivity contribution in [2.24, 2.45) is 0 Å². The first-order chi connectivity index (χ1) is 7.54. The van der Waals surface area contributed by atoms with Gasteiger partial charge in [0.15, 0.2) is 0 Å². The Morgan fingerprint density at radius 1 is 1.38 bits per heavy atom. The summed E-state index contributed by atoms with van der Waals surface area (Å²) in [6.07, 6.45) is 2.07. The molecule has 1 rings (SSSR count). The number of rotatable bonds is 4. The first kappa shape index (κ1) is 12.4. The highest BCUT2D eigenvalue weighted by Crippen LogP contribution is 2.17. The first-order valence-corrected chi connectivity index (χ1v) is 5.49. The Kier molecular flexibility index (Phi) is 4.23. The molecule has 0 heterocycles. The molecule has 0 aliphatic rings. The van der Waals surface area contributed by atoms with Gasteiger partial charge >= 0.3 is 0 Å². The lowest BCUT2D eigenvalue weighted by Gasteiger charge is -2.04. The minimum Gasteiger partial charge on any atom is -0.259 e. The molecule has 3 nitrogen and oxygen atoms in total. The summed E-state index contributed by atoms with van der Waals surface area (Å²) in [6, 6.07) is 7.89. The van der Waals surface area contributed by atoms with Crippen molar-refractivity contribution in [3.8, 4) is 0 Å². The van der Waals surface area contributed by atoms with E-state index in [0.29, 0.717) is 12.3 Å². The molecule has 0 amide bonds. The maximum Gasteiger partial charge on any atom is 0.246 e. The van der Waals surface area contributed by atoms with Crippen LogP contribution in [0.4, 0.5) is 0 Å². The monoisotopic (exact) mass is 219 g/mol. The molecule has 0 atom stereocenters. The van der Waals surface area contributed by atoms with Gasteiger partial charge in [0.25, 0.3) is 0 Å². The molecule has 0 spiro atoms. The largest absolute Gasteiger partial charge is 0.259 e. The highest BCUT2D eigenvalue weighted by Gasteiger charge is 2.07. The molecule has 0 aliphatic heterocycles. The normalized spacial score (nSPS) is 11.9. The Hall–Kier alpha value is -1.64. The van der Waals surface area contributed by atoms with Gasteiger partial charge in [-0.25, -0.2) is 0 Å². The number of allylic oxidation sites excluding steroid dienone is 1. The lowest BCUT2D eigenvalue weighted by Crippen LogP contribution is -1.96. The quantitative estimate of drug-likeness (QED) is 0.570. The van der Waals surface area contributed by atoms with Crippen molar-refractivity contribution < 1.29 is 4.92 Å². The van der Waals surface area contributed by atoms with Crippen molar-refractivity contribution in [2.75, 3.05) is 0 Å². The minimum atomic E-state index is -0.323. The fourth-order valence-electron chi connectivity index (χ4n) is 1.45. The van der Waals surface area contributed by atoms with Gasteiger partial charge in [0.05, 0.1) is 4.92 Å². The second-order valence-electron chi connectivity index (χ2n) is 4.07. The maximum absolute atomic E-state index is 10.6. The van der Waals surface area contributed by atoms with Crippen LogP contribution < -0.4 is 0 Å². The Bertz CT molecular complexity index is 391. The van der Waals surface area contributed by atoms with E-state index in [1.165, 1.54) is 5.56 Å². The Balaban J connectivity index is 2.94. The fraction of sp³-hybridized carbons (Fsp3) is 0.385. The summed E-state index contributed by atoms with van der Waals surface area (Å²) < 4.78 is 0. The van der Waals surface area contributed by atoms with Gasteiger partial charge in [-0.2, -0.15) is 0 Å². The van der Waals surface area contributed by atoms with E-state index in [1.54, 1.807) is 13.0 Å². The van der Waals surface area contributed by atoms with Crippen molar-refractivity contribution in [3.63, 3.8) is 0 Å². The zero-order valence-corrected chi connectivity index (χ0v) is 9.93. The van der Waals surface area contributed by atoms with Gasteiger partial charge in [-0.3, -0.25) is 10.1 Å². The molecule has 16 heavy (non-hydrogen) atoms. The first-order valence-electron chi connectivity index (χ1n) is 5.49. The van der Waals surface area contributed by atoms with Crippen LogP contribution in [0, 0.1) is 10.1 Å². The van der Waals surface area contributed by atoms with Crippen LogP contribution in [-0.4, -0.2) is 4.92 Å². The molecule has 0 aliphatic carbocycles. The summed E-state index contributed by atoms with van der Waals surface area (Å²) in [6.45, 7) is 6.04. The second kappa shape index (κ2) is 5.45. The zero-order valence-electron chi connectivity index (χ0n) is 9.93. The Labute approximate surface area is 95.9 Å². The smallest absolute Gasteiger partial charge is 0.246 e. The molecule has 0 radical (unpaired) electrons. The summed E-state index contributed by atoms with van der Waals surface area (Å²) in [5.41, 5.74) is 2.38. The second-order valence-corrected chi connectivity index (χ2v) is 4.07. The number of nitrogens with zero attached hydrogens (tertiary/aromatic N) is 1. The summed E-state index contributed by atoms with van der Waals surface area (Å²) in [5, 5.41) is 10.6. The van der Waals surface area contributed by atoms with E-state index < -0.39 is 0 Å². The van der Waals surface area contributed by atoms with Gasteiger partial charge in [-0.05, 0) is 17.0 Å². The summed E-state index contributed by atoms with van der Waals surface area (Å²) in [7, 11) is 0. The van der Waals surface area contributed by atoms with Crippen molar-refractivity contribution in [1.29, 1.82) is 0 Å². The number of nitro groups is 1. The molecule has 0 N–H and O–H groups in total. The molecule has 0 fully saturated rings. The van der Waals surface area contributed by atoms with E-state index in [0.717, 1.165) is 5.56 Å². The van der Waals surface area contributed by atoms with Gasteiger partial charge in [0, 0.05) is 12.5 Å². The van der Waals surface area contributed by atoms with Gasteiger partial charge in [0.1, 0.15) is 0 Å². The third-order valence-electron chi connectivity index (χ3n) is 2.53. The number of hydrogen-bond donors (Lipinski definition) is 0. The van der Waals surface area contributed by atoms with Crippen LogP contribution in [-0.2, 0) is 0 Å². The molecular weight excluding hydrogens is 202 g/mol. The van der Waals surface area contributed by atoms with E-state index in [4.69, 9.17) is 0 Å². The molecule has 0 saturated heterocycles. The van der Waals surface area contributed by atoms with Crippen LogP contribution in [0.5, 0.6) is 0 Å². The average Bonchev–Trinajstić information content (AvgIpc) is 2.26.